The van der Waals surface area contributed by atoms with Gasteiger partial charge in [-0.25, -0.2) is 4.79 Å². The maximum Gasteiger partial charge on any atom is 0.412 e. The van der Waals surface area contributed by atoms with Gasteiger partial charge in [0.05, 0.1) is 54.0 Å². The van der Waals surface area contributed by atoms with Crippen molar-refractivity contribution in [2.75, 3.05) is 51.1 Å². The molecule has 1 aromatic heterocycles. The number of hydrogen-bond acceptors (Lipinski definition) is 11. The van der Waals surface area contributed by atoms with Crippen molar-refractivity contribution in [1.29, 1.82) is 0 Å². The summed E-state index contributed by atoms with van der Waals surface area (Å²) in [7, 11) is 2.96. The van der Waals surface area contributed by atoms with Crippen LogP contribution in [0.1, 0.15) is 24.8 Å². The third-order valence-electron chi connectivity index (χ3n) is 8.05. The number of thiocarbonyl (C=S) groups is 2. The van der Waals surface area contributed by atoms with Gasteiger partial charge in [-0.15, -0.1) is 0 Å². The van der Waals surface area contributed by atoms with E-state index in [1.165, 1.54) is 14.2 Å². The molecule has 3 aromatic rings. The van der Waals surface area contributed by atoms with Crippen molar-refractivity contribution >= 4 is 86.9 Å². The number of para-hydroxylation sites is 2. The Kier molecular flexibility index (Phi) is 14.3. The standard InChI is InChI=1S/C36H37Cl2N7O7S2/c1-49-30-21(37)6-3-8-24(30)44-34(53)28-23(11-15-40-32(28)46)43-18-20-10-14-39-19-27(20)51-17-5-13-42-36(48)52-26-12-16-41-33(47)29(26)35(54)45-25-9-4-7-22(38)31(25)50-2/h3-4,6-10,14,19,43H,5,11-13,15-18H2,1-2H3,(H,40,46)(H,41,47)(H,42,48)(H,44,53)(H,45,54). The van der Waals surface area contributed by atoms with Crippen LogP contribution in [0.15, 0.2) is 77.5 Å². The van der Waals surface area contributed by atoms with Gasteiger partial charge in [-0.05, 0) is 36.8 Å². The zero-order valence-electron chi connectivity index (χ0n) is 29.2. The fourth-order valence-electron chi connectivity index (χ4n) is 5.51. The van der Waals surface area contributed by atoms with Crippen LogP contribution in [0.25, 0.3) is 0 Å². The van der Waals surface area contributed by atoms with Crippen LogP contribution in [-0.2, 0) is 20.9 Å². The molecule has 2 aliphatic heterocycles. The Hall–Kier alpha value is -5.16. The number of methoxy groups -OCH3 is 2. The van der Waals surface area contributed by atoms with Crippen molar-refractivity contribution in [2.24, 2.45) is 0 Å². The number of anilines is 2. The summed E-state index contributed by atoms with van der Waals surface area (Å²) >= 11 is 23.6. The first kappa shape index (κ1) is 40.0. The van der Waals surface area contributed by atoms with E-state index in [0.29, 0.717) is 75.9 Å². The number of amides is 3. The summed E-state index contributed by atoms with van der Waals surface area (Å²) in [6.45, 7) is 1.51. The lowest BCUT2D eigenvalue weighted by Gasteiger charge is -2.24. The first-order valence-corrected chi connectivity index (χ1v) is 18.2. The molecular weight excluding hydrogens is 777 g/mol. The summed E-state index contributed by atoms with van der Waals surface area (Å²) in [6.07, 6.45) is 3.71. The van der Waals surface area contributed by atoms with Gasteiger partial charge in [-0.1, -0.05) is 59.8 Å². The molecule has 3 heterocycles. The van der Waals surface area contributed by atoms with Crippen LogP contribution in [0.2, 0.25) is 10.0 Å². The molecule has 0 spiro atoms. The number of pyridine rings is 1. The molecule has 6 N–H and O–H groups in total. The fraction of sp³-hybridized carbons (Fsp3) is 0.278. The molecule has 18 heteroatoms. The van der Waals surface area contributed by atoms with Gasteiger partial charge in [0, 0.05) is 56.5 Å². The largest absolute Gasteiger partial charge is 0.493 e. The SMILES string of the molecule is COc1c(Cl)cccc1NC(=S)C1=C(NCc2ccncc2OCCCNC(=O)OC2=C(C(=S)Nc3cccc(Cl)c3OC)C(=O)NCC2)CCNC1=O. The molecule has 3 amide bonds. The van der Waals surface area contributed by atoms with Gasteiger partial charge in [-0.3, -0.25) is 14.6 Å². The number of nitrogens with one attached hydrogen (secondary N) is 6. The van der Waals surface area contributed by atoms with Crippen molar-refractivity contribution in [3.8, 4) is 17.2 Å². The zero-order valence-corrected chi connectivity index (χ0v) is 32.4. The molecule has 0 saturated heterocycles. The summed E-state index contributed by atoms with van der Waals surface area (Å²) < 4.78 is 22.3. The smallest absolute Gasteiger partial charge is 0.412 e. The maximum atomic E-state index is 13.0. The van der Waals surface area contributed by atoms with Gasteiger partial charge >= 0.3 is 6.09 Å². The van der Waals surface area contributed by atoms with E-state index in [1.807, 2.05) is 6.07 Å². The second-order valence-electron chi connectivity index (χ2n) is 11.6. The lowest BCUT2D eigenvalue weighted by atomic mass is 10.1. The quantitative estimate of drug-likeness (QED) is 0.0850. The number of ether oxygens (including phenoxy) is 4. The van der Waals surface area contributed by atoms with E-state index >= 15 is 0 Å². The van der Waals surface area contributed by atoms with E-state index in [-0.39, 0.29) is 53.3 Å². The molecule has 0 fully saturated rings. The Morgan fingerprint density at radius 3 is 2.13 bits per heavy atom. The average molecular weight is 815 g/mol. The van der Waals surface area contributed by atoms with Gasteiger partial charge in [-0.2, -0.15) is 0 Å². The van der Waals surface area contributed by atoms with E-state index in [9.17, 15) is 14.4 Å². The Balaban J connectivity index is 1.14. The van der Waals surface area contributed by atoms with Gasteiger partial charge in [0.25, 0.3) is 11.8 Å². The molecule has 0 atom stereocenters. The number of carbonyl (C=O) groups is 3. The van der Waals surface area contributed by atoms with Crippen molar-refractivity contribution in [3.05, 3.63) is 93.1 Å². The summed E-state index contributed by atoms with van der Waals surface area (Å²) in [4.78, 5) is 42.9. The van der Waals surface area contributed by atoms with Crippen LogP contribution in [0, 0.1) is 0 Å². The molecule has 14 nitrogen and oxygen atoms in total. The third-order valence-corrected chi connectivity index (χ3v) is 9.26. The van der Waals surface area contributed by atoms with E-state index in [4.69, 9.17) is 66.6 Å². The highest BCUT2D eigenvalue weighted by Crippen LogP contribution is 2.34. The maximum absolute atomic E-state index is 13.0. The van der Waals surface area contributed by atoms with Crippen LogP contribution in [0.4, 0.5) is 16.2 Å². The minimum Gasteiger partial charge on any atom is -0.493 e. The van der Waals surface area contributed by atoms with Gasteiger partial charge in [0.15, 0.2) is 11.5 Å². The van der Waals surface area contributed by atoms with Crippen LogP contribution >= 0.6 is 47.6 Å². The first-order chi connectivity index (χ1) is 26.1. The molecule has 54 heavy (non-hydrogen) atoms. The Morgan fingerprint density at radius 2 is 1.48 bits per heavy atom. The molecule has 2 aromatic carbocycles. The van der Waals surface area contributed by atoms with Gasteiger partial charge in [0.2, 0.25) is 0 Å². The van der Waals surface area contributed by atoms with Crippen LogP contribution < -0.4 is 46.1 Å². The summed E-state index contributed by atoms with van der Waals surface area (Å²) in [5.74, 6) is 0.636. The molecule has 0 radical (unpaired) electrons. The summed E-state index contributed by atoms with van der Waals surface area (Å²) in [6, 6.07) is 12.1. The monoisotopic (exact) mass is 813 g/mol. The Bertz CT molecular complexity index is 2010. The van der Waals surface area contributed by atoms with E-state index < -0.39 is 12.0 Å². The molecule has 2 aliphatic rings. The first-order valence-electron chi connectivity index (χ1n) is 16.7. The summed E-state index contributed by atoms with van der Waals surface area (Å²) in [5.41, 5.74) is 2.78. The predicted molar refractivity (Wildman–Crippen MR) is 213 cm³/mol. The molecule has 0 saturated carbocycles. The normalized spacial score (nSPS) is 14.0. The Labute approximate surface area is 332 Å². The number of halogens is 2. The molecule has 284 valence electrons. The zero-order chi connectivity index (χ0) is 38.6. The minimum atomic E-state index is -0.742. The number of hydrogen-bond donors (Lipinski definition) is 6. The number of rotatable bonds is 15. The van der Waals surface area contributed by atoms with Gasteiger partial charge < -0.3 is 50.8 Å². The summed E-state index contributed by atoms with van der Waals surface area (Å²) in [5, 5.41) is 18.4. The topological polar surface area (TPSA) is 173 Å². The van der Waals surface area contributed by atoms with E-state index in [2.05, 4.69) is 36.9 Å². The predicted octanol–water partition coefficient (Wildman–Crippen LogP) is 5.42. The number of alkyl carbamates (subject to hydrolysis) is 1. The van der Waals surface area contributed by atoms with Crippen LogP contribution in [0.5, 0.6) is 17.2 Å². The number of aromatic nitrogens is 1. The lowest BCUT2D eigenvalue weighted by Crippen LogP contribution is -2.39. The molecule has 0 bridgehead atoms. The van der Waals surface area contributed by atoms with E-state index in [1.54, 1.807) is 48.8 Å². The van der Waals surface area contributed by atoms with Crippen LogP contribution in [0.3, 0.4) is 0 Å². The van der Waals surface area contributed by atoms with Crippen molar-refractivity contribution < 1.29 is 33.3 Å². The lowest BCUT2D eigenvalue weighted by molar-refractivity contribution is -0.118. The number of nitrogens with zero attached hydrogens (tertiary/aromatic N) is 1. The Morgan fingerprint density at radius 1 is 0.870 bits per heavy atom. The fourth-order valence-corrected chi connectivity index (χ4v) is 6.65. The molecular formula is C36H37Cl2N7O7S2. The van der Waals surface area contributed by atoms with E-state index in [0.717, 1.165) is 5.56 Å². The van der Waals surface area contributed by atoms with Crippen molar-refractivity contribution in [1.82, 2.24) is 26.3 Å². The molecule has 0 unspecified atom stereocenters. The molecule has 0 aliphatic carbocycles. The second-order valence-corrected chi connectivity index (χ2v) is 13.2. The highest BCUT2D eigenvalue weighted by molar-refractivity contribution is 7.81. The number of benzene rings is 2. The second kappa shape index (κ2) is 19.3. The highest BCUT2D eigenvalue weighted by Gasteiger charge is 2.28. The van der Waals surface area contributed by atoms with Crippen molar-refractivity contribution in [2.45, 2.75) is 25.8 Å². The third kappa shape index (κ3) is 10.1. The molecule has 5 rings (SSSR count). The van der Waals surface area contributed by atoms with Gasteiger partial charge in [0.1, 0.15) is 27.1 Å². The van der Waals surface area contributed by atoms with Crippen LogP contribution in [-0.4, -0.2) is 73.3 Å². The minimum absolute atomic E-state index is 0.0330. The number of carbonyl (C=O) groups excluding carboxylic acids is 3. The average Bonchev–Trinajstić information content (AvgIpc) is 3.14. The van der Waals surface area contributed by atoms with Crippen molar-refractivity contribution in [3.63, 3.8) is 0 Å². The highest BCUT2D eigenvalue weighted by atomic mass is 35.5.